The molecule has 2 aromatic rings. The zero-order valence-corrected chi connectivity index (χ0v) is 12.5. The van der Waals surface area contributed by atoms with Gasteiger partial charge in [0.25, 0.3) is 0 Å². The number of phenols is 1. The number of esters is 1. The average molecular weight is 312 g/mol. The number of hydrogen-bond acceptors (Lipinski definition) is 5. The fourth-order valence-electron chi connectivity index (χ4n) is 1.97. The third kappa shape index (κ3) is 4.67. The van der Waals surface area contributed by atoms with E-state index >= 15 is 0 Å². The molecule has 0 saturated heterocycles. The molecule has 2 rings (SSSR count). The van der Waals surface area contributed by atoms with E-state index in [-0.39, 0.29) is 18.1 Å². The molecule has 0 atom stereocenters. The maximum atomic E-state index is 11.8. The molecule has 0 fully saturated rings. The molecule has 0 aliphatic carbocycles. The van der Waals surface area contributed by atoms with Crippen LogP contribution in [-0.4, -0.2) is 30.3 Å². The van der Waals surface area contributed by atoms with Crippen LogP contribution in [0.4, 0.5) is 0 Å². The van der Waals surface area contributed by atoms with Crippen molar-refractivity contribution in [2.75, 3.05) is 7.11 Å². The largest absolute Gasteiger partial charge is 0.508 e. The zero-order valence-electron chi connectivity index (χ0n) is 12.5. The summed E-state index contributed by atoms with van der Waals surface area (Å²) in [6.07, 6.45) is 1.47. The lowest BCUT2D eigenvalue weighted by Crippen LogP contribution is -2.20. The lowest BCUT2D eigenvalue weighted by molar-refractivity contribution is -0.120. The second-order valence-corrected chi connectivity index (χ2v) is 4.72. The Balaban J connectivity index is 1.99. The minimum Gasteiger partial charge on any atom is -0.508 e. The van der Waals surface area contributed by atoms with Gasteiger partial charge in [-0.3, -0.25) is 4.79 Å². The van der Waals surface area contributed by atoms with Crippen molar-refractivity contribution in [1.29, 1.82) is 0 Å². The van der Waals surface area contributed by atoms with Gasteiger partial charge in [0.2, 0.25) is 5.91 Å². The quantitative estimate of drug-likeness (QED) is 0.501. The first-order chi connectivity index (χ1) is 11.1. The monoisotopic (exact) mass is 312 g/mol. The van der Waals surface area contributed by atoms with Gasteiger partial charge in [-0.15, -0.1) is 0 Å². The van der Waals surface area contributed by atoms with E-state index in [1.807, 2.05) is 0 Å². The van der Waals surface area contributed by atoms with E-state index in [1.54, 1.807) is 36.4 Å². The van der Waals surface area contributed by atoms with Gasteiger partial charge in [-0.25, -0.2) is 10.2 Å². The molecule has 6 nitrogen and oxygen atoms in total. The maximum Gasteiger partial charge on any atom is 0.338 e. The molecule has 0 bridgehead atoms. The number of methoxy groups -OCH3 is 1. The molecule has 0 aromatic heterocycles. The lowest BCUT2D eigenvalue weighted by atomic mass is 10.1. The summed E-state index contributed by atoms with van der Waals surface area (Å²) in [5, 5.41) is 13.2. The number of benzene rings is 2. The van der Waals surface area contributed by atoms with Crippen LogP contribution in [0.25, 0.3) is 0 Å². The van der Waals surface area contributed by atoms with Gasteiger partial charge in [0, 0.05) is 5.56 Å². The molecule has 1 amide bonds. The first kappa shape index (κ1) is 16.2. The van der Waals surface area contributed by atoms with Crippen LogP contribution in [-0.2, 0) is 16.0 Å². The van der Waals surface area contributed by atoms with E-state index in [2.05, 4.69) is 15.3 Å². The Bertz CT molecular complexity index is 741. The molecule has 2 N–H and O–H groups in total. The van der Waals surface area contributed by atoms with Gasteiger partial charge in [-0.05, 0) is 23.8 Å². The van der Waals surface area contributed by atoms with Crippen molar-refractivity contribution in [3.8, 4) is 5.75 Å². The Labute approximate surface area is 133 Å². The molecule has 6 heteroatoms. The van der Waals surface area contributed by atoms with E-state index in [0.29, 0.717) is 16.7 Å². The molecular weight excluding hydrogens is 296 g/mol. The molecular formula is C17H16N2O4. The minimum absolute atomic E-state index is 0.0877. The van der Waals surface area contributed by atoms with Crippen LogP contribution in [0.1, 0.15) is 21.5 Å². The number of nitrogens with one attached hydrogen (secondary N) is 1. The summed E-state index contributed by atoms with van der Waals surface area (Å²) < 4.78 is 4.68. The van der Waals surface area contributed by atoms with Crippen LogP contribution >= 0.6 is 0 Å². The van der Waals surface area contributed by atoms with Gasteiger partial charge >= 0.3 is 5.97 Å². The highest BCUT2D eigenvalue weighted by Crippen LogP contribution is 2.11. The number of amides is 1. The normalized spacial score (nSPS) is 10.5. The highest BCUT2D eigenvalue weighted by atomic mass is 16.5. The Morgan fingerprint density at radius 3 is 2.74 bits per heavy atom. The molecule has 2 aromatic carbocycles. The highest BCUT2D eigenvalue weighted by molar-refractivity contribution is 5.99. The average Bonchev–Trinajstić information content (AvgIpc) is 2.54. The van der Waals surface area contributed by atoms with Crippen LogP contribution in [0.2, 0.25) is 0 Å². The molecule has 0 unspecified atom stereocenters. The second-order valence-electron chi connectivity index (χ2n) is 4.72. The van der Waals surface area contributed by atoms with Crippen LogP contribution in [0.5, 0.6) is 5.75 Å². The minimum atomic E-state index is -0.474. The van der Waals surface area contributed by atoms with E-state index in [1.165, 1.54) is 25.5 Å². The fraction of sp³-hybridized carbons (Fsp3) is 0.118. The van der Waals surface area contributed by atoms with Crippen LogP contribution in [0.3, 0.4) is 0 Å². The van der Waals surface area contributed by atoms with E-state index < -0.39 is 5.97 Å². The second kappa shape index (κ2) is 7.74. The SMILES string of the molecule is COC(=O)c1ccccc1/C=N/NC(=O)Cc1cccc(O)c1. The van der Waals surface area contributed by atoms with Gasteiger partial charge in [-0.1, -0.05) is 30.3 Å². The van der Waals surface area contributed by atoms with Gasteiger partial charge < -0.3 is 9.84 Å². The molecule has 118 valence electrons. The third-order valence-electron chi connectivity index (χ3n) is 3.03. The van der Waals surface area contributed by atoms with Crippen molar-refractivity contribution < 1.29 is 19.4 Å². The first-order valence-electron chi connectivity index (χ1n) is 6.87. The first-order valence-corrected chi connectivity index (χ1v) is 6.87. The van der Waals surface area contributed by atoms with Crippen molar-refractivity contribution in [3.05, 3.63) is 65.2 Å². The molecule has 0 aliphatic rings. The highest BCUT2D eigenvalue weighted by Gasteiger charge is 2.09. The van der Waals surface area contributed by atoms with Crippen molar-refractivity contribution in [1.82, 2.24) is 5.43 Å². The molecule has 0 spiro atoms. The maximum absolute atomic E-state index is 11.8. The Morgan fingerprint density at radius 1 is 1.22 bits per heavy atom. The summed E-state index contributed by atoms with van der Waals surface area (Å²) in [6.45, 7) is 0. The van der Waals surface area contributed by atoms with E-state index in [0.717, 1.165) is 0 Å². The zero-order chi connectivity index (χ0) is 16.7. The summed E-state index contributed by atoms with van der Waals surface area (Å²) >= 11 is 0. The number of aromatic hydroxyl groups is 1. The molecule has 0 radical (unpaired) electrons. The summed E-state index contributed by atoms with van der Waals surface area (Å²) in [5.74, 6) is -0.702. The van der Waals surface area contributed by atoms with Crippen molar-refractivity contribution in [3.63, 3.8) is 0 Å². The molecule has 0 heterocycles. The molecule has 0 saturated carbocycles. The van der Waals surface area contributed by atoms with E-state index in [9.17, 15) is 14.7 Å². The van der Waals surface area contributed by atoms with Crippen molar-refractivity contribution in [2.45, 2.75) is 6.42 Å². The Hall–Kier alpha value is -3.15. The number of hydrazone groups is 1. The topological polar surface area (TPSA) is 88.0 Å². The summed E-state index contributed by atoms with van der Waals surface area (Å²) in [6, 6.07) is 13.2. The summed E-state index contributed by atoms with van der Waals surface area (Å²) in [5.41, 5.74) is 3.95. The van der Waals surface area contributed by atoms with Gasteiger partial charge in [-0.2, -0.15) is 5.10 Å². The number of rotatable bonds is 5. The van der Waals surface area contributed by atoms with Gasteiger partial charge in [0.05, 0.1) is 25.3 Å². The fourth-order valence-corrected chi connectivity index (χ4v) is 1.97. The number of ether oxygens (including phenoxy) is 1. The standard InChI is InChI=1S/C17H16N2O4/c1-23-17(22)15-8-3-2-6-13(15)11-18-19-16(21)10-12-5-4-7-14(20)9-12/h2-9,11,20H,10H2,1H3,(H,19,21)/b18-11+. The predicted octanol–water partition coefficient (Wildman–Crippen LogP) is 1.87. The van der Waals surface area contributed by atoms with Gasteiger partial charge in [0.1, 0.15) is 5.75 Å². The Morgan fingerprint density at radius 2 is 2.00 bits per heavy atom. The van der Waals surface area contributed by atoms with E-state index in [4.69, 9.17) is 0 Å². The number of carbonyl (C=O) groups excluding carboxylic acids is 2. The lowest BCUT2D eigenvalue weighted by Gasteiger charge is -2.03. The van der Waals surface area contributed by atoms with Crippen LogP contribution in [0, 0.1) is 0 Å². The van der Waals surface area contributed by atoms with Crippen LogP contribution in [0.15, 0.2) is 53.6 Å². The molecule has 0 aliphatic heterocycles. The van der Waals surface area contributed by atoms with Crippen molar-refractivity contribution in [2.24, 2.45) is 5.10 Å². The third-order valence-corrected chi connectivity index (χ3v) is 3.03. The number of nitrogens with zero attached hydrogens (tertiary/aromatic N) is 1. The van der Waals surface area contributed by atoms with Crippen molar-refractivity contribution >= 4 is 18.1 Å². The summed E-state index contributed by atoms with van der Waals surface area (Å²) in [7, 11) is 1.30. The smallest absolute Gasteiger partial charge is 0.338 e. The Kier molecular flexibility index (Phi) is 5.46. The van der Waals surface area contributed by atoms with Crippen LogP contribution < -0.4 is 5.43 Å². The number of hydrogen-bond donors (Lipinski definition) is 2. The predicted molar refractivity (Wildman–Crippen MR) is 85.3 cm³/mol. The molecule has 23 heavy (non-hydrogen) atoms. The number of phenolic OH excluding ortho intramolecular Hbond substituents is 1. The summed E-state index contributed by atoms with van der Waals surface area (Å²) in [4.78, 5) is 23.4. The van der Waals surface area contributed by atoms with Gasteiger partial charge in [0.15, 0.2) is 0 Å². The number of carbonyl (C=O) groups is 2.